The van der Waals surface area contributed by atoms with Crippen LogP contribution in [0.15, 0.2) is 23.7 Å². The van der Waals surface area contributed by atoms with Gasteiger partial charge in [-0.2, -0.15) is 0 Å². The molecule has 0 aliphatic carbocycles. The highest BCUT2D eigenvalue weighted by molar-refractivity contribution is 6.74. The second kappa shape index (κ2) is 8.54. The molecule has 0 spiro atoms. The predicted octanol–water partition coefficient (Wildman–Crippen LogP) is 4.02. The Labute approximate surface area is 141 Å². The molecule has 5 nitrogen and oxygen atoms in total. The third kappa shape index (κ3) is 6.03. The summed E-state index contributed by atoms with van der Waals surface area (Å²) in [7, 11) is 2.30. The van der Waals surface area contributed by atoms with E-state index in [1.165, 1.54) is 21.3 Å². The lowest BCUT2D eigenvalue weighted by Crippen LogP contribution is -2.43. The van der Waals surface area contributed by atoms with E-state index in [2.05, 4.69) is 40.4 Å². The van der Waals surface area contributed by atoms with Gasteiger partial charge in [0.05, 0.1) is 21.3 Å². The van der Waals surface area contributed by atoms with Crippen LogP contribution in [0, 0.1) is 0 Å². The fraction of sp³-hybridized carbons (Fsp3) is 0.706. The lowest BCUT2D eigenvalue weighted by molar-refractivity contribution is -0.136. The number of methoxy groups -OCH3 is 3. The van der Waals surface area contributed by atoms with Crippen molar-refractivity contribution >= 4 is 14.3 Å². The average Bonchev–Trinajstić information content (AvgIpc) is 2.41. The monoisotopic (exact) mass is 344 g/mol. The molecule has 0 heterocycles. The number of ether oxygens (including phenoxy) is 3. The first-order valence-electron chi connectivity index (χ1n) is 7.67. The maximum Gasteiger partial charge on any atom is 0.345 e. The Morgan fingerprint density at radius 1 is 1.09 bits per heavy atom. The van der Waals surface area contributed by atoms with Crippen molar-refractivity contribution < 1.29 is 23.4 Å². The van der Waals surface area contributed by atoms with E-state index in [9.17, 15) is 4.79 Å². The summed E-state index contributed by atoms with van der Waals surface area (Å²) in [6.45, 7) is 16.9. The number of rotatable bonds is 8. The van der Waals surface area contributed by atoms with Crippen LogP contribution in [0.2, 0.25) is 18.1 Å². The van der Waals surface area contributed by atoms with Gasteiger partial charge in [0, 0.05) is 6.10 Å². The van der Waals surface area contributed by atoms with Gasteiger partial charge in [0.1, 0.15) is 5.57 Å². The molecule has 0 aromatic carbocycles. The minimum atomic E-state index is -1.88. The highest BCUT2D eigenvalue weighted by atomic mass is 28.4. The minimum absolute atomic E-state index is 0.0713. The summed E-state index contributed by atoms with van der Waals surface area (Å²) in [5.41, 5.74) is 0.782. The molecule has 0 radical (unpaired) electrons. The van der Waals surface area contributed by atoms with E-state index in [0.29, 0.717) is 12.0 Å². The second-order valence-corrected chi connectivity index (χ2v) is 11.8. The van der Waals surface area contributed by atoms with Gasteiger partial charge in [-0.05, 0) is 37.0 Å². The van der Waals surface area contributed by atoms with E-state index < -0.39 is 14.3 Å². The van der Waals surface area contributed by atoms with Gasteiger partial charge in [0.2, 0.25) is 0 Å². The topological polar surface area (TPSA) is 54.0 Å². The first-order chi connectivity index (χ1) is 10.4. The molecule has 134 valence electrons. The number of esters is 1. The van der Waals surface area contributed by atoms with Gasteiger partial charge in [-0.3, -0.25) is 0 Å². The molecule has 0 aromatic rings. The minimum Gasteiger partial charge on any atom is -0.468 e. The zero-order chi connectivity index (χ0) is 18.4. The van der Waals surface area contributed by atoms with Crippen molar-refractivity contribution in [1.29, 1.82) is 0 Å². The van der Waals surface area contributed by atoms with Crippen molar-refractivity contribution in [3.8, 4) is 0 Å². The van der Waals surface area contributed by atoms with Gasteiger partial charge < -0.3 is 18.6 Å². The van der Waals surface area contributed by atoms with Crippen molar-refractivity contribution in [2.75, 3.05) is 21.3 Å². The molecule has 0 aromatic heterocycles. The summed E-state index contributed by atoms with van der Waals surface area (Å²) in [5, 5.41) is 0.119. The van der Waals surface area contributed by atoms with Gasteiger partial charge in [-0.1, -0.05) is 27.4 Å². The Bertz CT molecular complexity index is 454. The predicted molar refractivity (Wildman–Crippen MR) is 94.6 cm³/mol. The van der Waals surface area contributed by atoms with E-state index in [4.69, 9.17) is 18.6 Å². The van der Waals surface area contributed by atoms with Crippen LogP contribution in [0.1, 0.15) is 34.1 Å². The van der Waals surface area contributed by atoms with Crippen LogP contribution in [0.5, 0.6) is 0 Å². The van der Waals surface area contributed by atoms with Crippen molar-refractivity contribution in [1.82, 2.24) is 0 Å². The van der Waals surface area contributed by atoms with E-state index in [1.807, 2.05) is 6.92 Å². The molecule has 0 saturated carbocycles. The number of hydrogen-bond acceptors (Lipinski definition) is 5. The van der Waals surface area contributed by atoms with Crippen molar-refractivity contribution in [2.24, 2.45) is 0 Å². The molecule has 23 heavy (non-hydrogen) atoms. The number of hydrogen-bond donors (Lipinski definition) is 0. The van der Waals surface area contributed by atoms with E-state index in [1.54, 1.807) is 0 Å². The Hall–Kier alpha value is -1.27. The molecule has 0 N–H and O–H groups in total. The van der Waals surface area contributed by atoms with E-state index in [0.717, 1.165) is 0 Å². The van der Waals surface area contributed by atoms with Crippen LogP contribution >= 0.6 is 0 Å². The standard InChI is InChI=1S/C17H32O5Si/c1-12(14(15(18)19-6)16(20-7)21-8)11-13(2)22-23(9,10)17(3,4)5/h13H,1,11H2,2-10H3/t13-/m0/s1. The highest BCUT2D eigenvalue weighted by Crippen LogP contribution is 2.38. The van der Waals surface area contributed by atoms with Crippen molar-refractivity contribution in [3.63, 3.8) is 0 Å². The van der Waals surface area contributed by atoms with Crippen LogP contribution < -0.4 is 0 Å². The van der Waals surface area contributed by atoms with Crippen LogP contribution in [-0.2, 0) is 23.4 Å². The first-order valence-corrected chi connectivity index (χ1v) is 10.6. The molecule has 0 aliphatic rings. The van der Waals surface area contributed by atoms with Gasteiger partial charge in [-0.25, -0.2) is 4.79 Å². The third-order valence-corrected chi connectivity index (χ3v) is 8.76. The fourth-order valence-corrected chi connectivity index (χ4v) is 3.37. The molecule has 0 aliphatic heterocycles. The quantitative estimate of drug-likeness (QED) is 0.219. The zero-order valence-electron chi connectivity index (χ0n) is 16.0. The third-order valence-electron chi connectivity index (χ3n) is 4.15. The summed E-state index contributed by atoms with van der Waals surface area (Å²) in [5.74, 6) is -0.436. The van der Waals surface area contributed by atoms with Gasteiger partial charge >= 0.3 is 5.97 Å². The Morgan fingerprint density at radius 2 is 1.57 bits per heavy atom. The van der Waals surface area contributed by atoms with Gasteiger partial charge in [0.25, 0.3) is 5.95 Å². The highest BCUT2D eigenvalue weighted by Gasteiger charge is 2.38. The summed E-state index contributed by atoms with van der Waals surface area (Å²) in [4.78, 5) is 12.0. The van der Waals surface area contributed by atoms with Crippen molar-refractivity contribution in [2.45, 2.75) is 58.4 Å². The lowest BCUT2D eigenvalue weighted by Gasteiger charge is -2.38. The molecule has 0 bridgehead atoms. The van der Waals surface area contributed by atoms with Gasteiger partial charge in [-0.15, -0.1) is 0 Å². The molecule has 0 unspecified atom stereocenters. The van der Waals surface area contributed by atoms with Crippen LogP contribution in [0.4, 0.5) is 0 Å². The molecular weight excluding hydrogens is 312 g/mol. The van der Waals surface area contributed by atoms with E-state index in [-0.39, 0.29) is 22.7 Å². The Balaban J connectivity index is 5.23. The number of carbonyl (C=O) groups excluding carboxylic acids is 1. The summed E-state index contributed by atoms with van der Waals surface area (Å²) < 4.78 is 21.3. The molecule has 0 amide bonds. The molecule has 0 saturated heterocycles. The molecule has 6 heteroatoms. The van der Waals surface area contributed by atoms with Gasteiger partial charge in [0.15, 0.2) is 8.32 Å². The number of carbonyl (C=O) groups is 1. The normalized spacial score (nSPS) is 13.1. The summed E-state index contributed by atoms with van der Waals surface area (Å²) in [6.07, 6.45) is 0.422. The SMILES string of the molecule is C=C(C[C@H](C)O[Si](C)(C)C(C)(C)C)C(C(=O)OC)=C(OC)OC. The Kier molecular flexibility index (Phi) is 8.07. The Morgan fingerprint density at radius 3 is 1.91 bits per heavy atom. The second-order valence-electron chi connectivity index (χ2n) is 7.06. The average molecular weight is 345 g/mol. The molecular formula is C17H32O5Si. The molecule has 0 rings (SSSR count). The van der Waals surface area contributed by atoms with Crippen molar-refractivity contribution in [3.05, 3.63) is 23.7 Å². The molecule has 0 fully saturated rings. The largest absolute Gasteiger partial charge is 0.468 e. The van der Waals surface area contributed by atoms with Crippen LogP contribution in [-0.4, -0.2) is 41.7 Å². The van der Waals surface area contributed by atoms with Crippen LogP contribution in [0.25, 0.3) is 0 Å². The summed E-state index contributed by atoms with van der Waals surface area (Å²) in [6, 6.07) is 0. The lowest BCUT2D eigenvalue weighted by atomic mass is 10.0. The van der Waals surface area contributed by atoms with E-state index >= 15 is 0 Å². The first kappa shape index (κ1) is 21.7. The molecule has 1 atom stereocenters. The smallest absolute Gasteiger partial charge is 0.345 e. The fourth-order valence-electron chi connectivity index (χ4n) is 1.93. The zero-order valence-corrected chi connectivity index (χ0v) is 17.0. The maximum absolute atomic E-state index is 12.0. The van der Waals surface area contributed by atoms with Crippen LogP contribution in [0.3, 0.4) is 0 Å². The maximum atomic E-state index is 12.0. The summed E-state index contributed by atoms with van der Waals surface area (Å²) >= 11 is 0.